The Bertz CT molecular complexity index is 426. The van der Waals surface area contributed by atoms with E-state index >= 15 is 0 Å². The van der Waals surface area contributed by atoms with Gasteiger partial charge in [0.25, 0.3) is 0 Å². The Hall–Kier alpha value is -1.12. The molecule has 1 N–H and O–H groups in total. The molecule has 0 bridgehead atoms. The second-order valence-electron chi connectivity index (χ2n) is 5.08. The van der Waals surface area contributed by atoms with Crippen molar-refractivity contribution >= 4 is 6.08 Å². The van der Waals surface area contributed by atoms with Gasteiger partial charge in [-0.2, -0.15) is 0 Å². The predicted octanol–water partition coefficient (Wildman–Crippen LogP) is 2.49. The number of aliphatic hydroxyl groups excluding tert-OH is 1. The van der Waals surface area contributed by atoms with Gasteiger partial charge in [0, 0.05) is 18.9 Å². The quantitative estimate of drug-likeness (QED) is 0.864. The van der Waals surface area contributed by atoms with Crippen LogP contribution in [0.1, 0.15) is 18.4 Å². The van der Waals surface area contributed by atoms with E-state index in [0.717, 1.165) is 12.8 Å². The van der Waals surface area contributed by atoms with Gasteiger partial charge < -0.3 is 9.84 Å². The summed E-state index contributed by atoms with van der Waals surface area (Å²) in [4.78, 5) is 0. The van der Waals surface area contributed by atoms with Crippen molar-refractivity contribution in [2.24, 2.45) is 11.8 Å². The SMILES string of the molecule is CO[C@@]1(/C=C/c2ccccc2)[C@@H]2[C@H]1CC[C@@H]2O. The van der Waals surface area contributed by atoms with Gasteiger partial charge in [0.2, 0.25) is 0 Å². The Kier molecular flexibility index (Phi) is 2.57. The summed E-state index contributed by atoms with van der Waals surface area (Å²) in [6, 6.07) is 10.2. The van der Waals surface area contributed by atoms with Crippen molar-refractivity contribution in [3.05, 3.63) is 42.0 Å². The number of benzene rings is 1. The molecule has 0 aromatic heterocycles. The zero-order valence-electron chi connectivity index (χ0n) is 10.0. The lowest BCUT2D eigenvalue weighted by Gasteiger charge is -2.17. The summed E-state index contributed by atoms with van der Waals surface area (Å²) in [5.74, 6) is 0.829. The number of aliphatic hydroxyl groups is 1. The van der Waals surface area contributed by atoms with Crippen LogP contribution >= 0.6 is 0 Å². The average Bonchev–Trinajstić information content (AvgIpc) is 2.86. The van der Waals surface area contributed by atoms with Gasteiger partial charge in [0.05, 0.1) is 11.7 Å². The number of rotatable bonds is 3. The van der Waals surface area contributed by atoms with Crippen LogP contribution in [0.15, 0.2) is 36.4 Å². The molecule has 4 atom stereocenters. The predicted molar refractivity (Wildman–Crippen MR) is 67.4 cm³/mol. The molecule has 2 aliphatic rings. The van der Waals surface area contributed by atoms with Crippen LogP contribution in [0.5, 0.6) is 0 Å². The zero-order chi connectivity index (χ0) is 11.9. The van der Waals surface area contributed by atoms with Gasteiger partial charge in [-0.05, 0) is 18.4 Å². The van der Waals surface area contributed by atoms with Crippen LogP contribution in [0.2, 0.25) is 0 Å². The van der Waals surface area contributed by atoms with E-state index in [1.807, 2.05) is 18.2 Å². The lowest BCUT2D eigenvalue weighted by molar-refractivity contribution is 0.0479. The highest BCUT2D eigenvalue weighted by Gasteiger charge is 2.69. The second-order valence-corrected chi connectivity index (χ2v) is 5.08. The van der Waals surface area contributed by atoms with Gasteiger partial charge >= 0.3 is 0 Å². The third kappa shape index (κ3) is 1.63. The molecule has 0 radical (unpaired) electrons. The van der Waals surface area contributed by atoms with Gasteiger partial charge in [0.15, 0.2) is 0 Å². The van der Waals surface area contributed by atoms with Crippen molar-refractivity contribution in [1.82, 2.24) is 0 Å². The molecule has 2 heteroatoms. The summed E-state index contributed by atoms with van der Waals surface area (Å²) in [5, 5.41) is 9.89. The fourth-order valence-corrected chi connectivity index (χ4v) is 3.37. The van der Waals surface area contributed by atoms with Crippen molar-refractivity contribution in [3.63, 3.8) is 0 Å². The van der Waals surface area contributed by atoms with Crippen molar-refractivity contribution in [2.75, 3.05) is 7.11 Å². The summed E-state index contributed by atoms with van der Waals surface area (Å²) >= 11 is 0. The molecule has 0 unspecified atom stereocenters. The van der Waals surface area contributed by atoms with Crippen LogP contribution in [-0.2, 0) is 4.74 Å². The normalized spacial score (nSPS) is 39.5. The molecule has 2 aliphatic carbocycles. The second kappa shape index (κ2) is 3.97. The smallest absolute Gasteiger partial charge is 0.0951 e. The van der Waals surface area contributed by atoms with Crippen LogP contribution < -0.4 is 0 Å². The highest BCUT2D eigenvalue weighted by molar-refractivity contribution is 5.52. The molecule has 2 fully saturated rings. The molecule has 1 aromatic rings. The summed E-state index contributed by atoms with van der Waals surface area (Å²) < 4.78 is 5.66. The van der Waals surface area contributed by atoms with Crippen molar-refractivity contribution < 1.29 is 9.84 Å². The van der Waals surface area contributed by atoms with E-state index in [2.05, 4.69) is 24.3 Å². The Balaban J connectivity index is 1.79. The van der Waals surface area contributed by atoms with Gasteiger partial charge in [-0.3, -0.25) is 0 Å². The number of methoxy groups -OCH3 is 1. The lowest BCUT2D eigenvalue weighted by Crippen LogP contribution is -2.22. The Morgan fingerprint density at radius 3 is 2.65 bits per heavy atom. The first kappa shape index (κ1) is 11.0. The third-order valence-corrected chi connectivity index (χ3v) is 4.30. The Morgan fingerprint density at radius 1 is 1.29 bits per heavy atom. The third-order valence-electron chi connectivity index (χ3n) is 4.30. The van der Waals surface area contributed by atoms with Crippen LogP contribution in [0.25, 0.3) is 6.08 Å². The summed E-state index contributed by atoms with van der Waals surface area (Å²) in [7, 11) is 1.75. The number of fused-ring (bicyclic) bond motifs is 1. The van der Waals surface area contributed by atoms with Crippen LogP contribution in [0.3, 0.4) is 0 Å². The topological polar surface area (TPSA) is 29.5 Å². The molecule has 0 aliphatic heterocycles. The monoisotopic (exact) mass is 230 g/mol. The molecule has 0 amide bonds. The minimum atomic E-state index is -0.201. The number of hydrogen-bond acceptors (Lipinski definition) is 2. The van der Waals surface area contributed by atoms with Crippen molar-refractivity contribution in [3.8, 4) is 0 Å². The van der Waals surface area contributed by atoms with Gasteiger partial charge in [-0.25, -0.2) is 0 Å². The van der Waals surface area contributed by atoms with E-state index in [1.165, 1.54) is 5.56 Å². The van der Waals surface area contributed by atoms with E-state index in [0.29, 0.717) is 11.8 Å². The highest BCUT2D eigenvalue weighted by atomic mass is 16.5. The van der Waals surface area contributed by atoms with Crippen LogP contribution in [0.4, 0.5) is 0 Å². The Labute approximate surface area is 102 Å². The summed E-state index contributed by atoms with van der Waals surface area (Å²) in [5.41, 5.74) is 0.983. The minimum absolute atomic E-state index is 0.180. The minimum Gasteiger partial charge on any atom is -0.393 e. The van der Waals surface area contributed by atoms with Crippen LogP contribution in [0, 0.1) is 11.8 Å². The van der Waals surface area contributed by atoms with E-state index in [4.69, 9.17) is 4.74 Å². The summed E-state index contributed by atoms with van der Waals surface area (Å²) in [6.45, 7) is 0. The molecule has 1 aromatic carbocycles. The first-order valence-electron chi connectivity index (χ1n) is 6.25. The molecule has 3 rings (SSSR count). The van der Waals surface area contributed by atoms with Crippen molar-refractivity contribution in [1.29, 1.82) is 0 Å². The fraction of sp³-hybridized carbons (Fsp3) is 0.467. The first-order valence-corrected chi connectivity index (χ1v) is 6.25. The number of ether oxygens (including phenoxy) is 1. The molecule has 17 heavy (non-hydrogen) atoms. The molecular weight excluding hydrogens is 212 g/mol. The molecule has 2 nitrogen and oxygen atoms in total. The highest BCUT2D eigenvalue weighted by Crippen LogP contribution is 2.63. The van der Waals surface area contributed by atoms with Gasteiger partial charge in [0.1, 0.15) is 0 Å². The van der Waals surface area contributed by atoms with E-state index in [1.54, 1.807) is 7.11 Å². The lowest BCUT2D eigenvalue weighted by atomic mass is 10.0. The zero-order valence-corrected chi connectivity index (χ0v) is 10.0. The van der Waals surface area contributed by atoms with Crippen LogP contribution in [-0.4, -0.2) is 23.9 Å². The first-order chi connectivity index (χ1) is 8.28. The average molecular weight is 230 g/mol. The molecule has 90 valence electrons. The molecular formula is C15H18O2. The number of hydrogen-bond donors (Lipinski definition) is 1. The molecule has 0 heterocycles. The fourth-order valence-electron chi connectivity index (χ4n) is 3.37. The Morgan fingerprint density at radius 2 is 2.06 bits per heavy atom. The molecule has 0 saturated heterocycles. The molecule has 2 saturated carbocycles. The maximum absolute atomic E-state index is 9.89. The molecule has 0 spiro atoms. The van der Waals surface area contributed by atoms with E-state index in [-0.39, 0.29) is 11.7 Å². The summed E-state index contributed by atoms with van der Waals surface area (Å²) in [6.07, 6.45) is 6.08. The maximum Gasteiger partial charge on any atom is 0.0951 e. The van der Waals surface area contributed by atoms with E-state index < -0.39 is 0 Å². The van der Waals surface area contributed by atoms with Crippen molar-refractivity contribution in [2.45, 2.75) is 24.5 Å². The van der Waals surface area contributed by atoms with Gasteiger partial charge in [-0.1, -0.05) is 42.5 Å². The van der Waals surface area contributed by atoms with E-state index in [9.17, 15) is 5.11 Å². The standard InChI is InChI=1S/C15H18O2/c1-17-15(12-7-8-13(16)14(12)15)10-9-11-5-3-2-4-6-11/h2-6,9-10,12-14,16H,7-8H2,1H3/b10-9+/t12-,13+,14-,15-/m1/s1. The van der Waals surface area contributed by atoms with Gasteiger partial charge in [-0.15, -0.1) is 0 Å². The maximum atomic E-state index is 9.89. The largest absolute Gasteiger partial charge is 0.393 e.